The first-order valence-corrected chi connectivity index (χ1v) is 4.19. The van der Waals surface area contributed by atoms with Gasteiger partial charge in [-0.15, -0.1) is 0 Å². The van der Waals surface area contributed by atoms with Crippen LogP contribution in [0, 0.1) is 5.41 Å². The second-order valence-electron chi connectivity index (χ2n) is 3.12. The summed E-state index contributed by atoms with van der Waals surface area (Å²) in [6.07, 6.45) is -0.714. The lowest BCUT2D eigenvalue weighted by Gasteiger charge is -2.24. The van der Waals surface area contributed by atoms with Gasteiger partial charge in [-0.25, -0.2) is 4.79 Å². The Morgan fingerprint density at radius 3 is 2.10 bits per heavy atom. The molecule has 0 saturated heterocycles. The highest BCUT2D eigenvalue weighted by atomic mass is 127. The van der Waals surface area contributed by atoms with E-state index in [1.54, 1.807) is 0 Å². The zero-order valence-electron chi connectivity index (χ0n) is 6.35. The molecule has 4 heteroatoms. The molecule has 1 unspecified atom stereocenters. The van der Waals surface area contributed by atoms with Crippen LogP contribution in [0.4, 0.5) is 4.79 Å². The SMILES string of the molecule is CC(C)(C)C(I)OC(N)=O. The average molecular weight is 257 g/mol. The number of rotatable bonds is 1. The lowest BCUT2D eigenvalue weighted by atomic mass is 9.99. The minimum Gasteiger partial charge on any atom is -0.435 e. The number of hydrogen-bond donors (Lipinski definition) is 1. The third kappa shape index (κ3) is 3.92. The minimum absolute atomic E-state index is 0.0460. The van der Waals surface area contributed by atoms with E-state index < -0.39 is 6.09 Å². The smallest absolute Gasteiger partial charge is 0.405 e. The van der Waals surface area contributed by atoms with Crippen LogP contribution in [-0.4, -0.2) is 10.2 Å². The Balaban J connectivity index is 3.85. The molecule has 60 valence electrons. The van der Waals surface area contributed by atoms with Crippen LogP contribution in [0.15, 0.2) is 0 Å². The van der Waals surface area contributed by atoms with Gasteiger partial charge in [0.2, 0.25) is 0 Å². The van der Waals surface area contributed by atoms with Gasteiger partial charge in [0, 0.05) is 5.41 Å². The predicted molar refractivity (Wildman–Crippen MR) is 47.9 cm³/mol. The zero-order valence-corrected chi connectivity index (χ0v) is 8.51. The number of ether oxygens (including phenoxy) is 1. The highest BCUT2D eigenvalue weighted by Gasteiger charge is 2.24. The molecule has 0 bridgehead atoms. The van der Waals surface area contributed by atoms with Crippen molar-refractivity contribution in [3.63, 3.8) is 0 Å². The molecule has 1 amide bonds. The first-order valence-electron chi connectivity index (χ1n) is 2.94. The highest BCUT2D eigenvalue weighted by molar-refractivity contribution is 14.1. The Bertz CT molecular complexity index is 130. The van der Waals surface area contributed by atoms with Crippen molar-refractivity contribution in [2.24, 2.45) is 11.1 Å². The number of amides is 1. The summed E-state index contributed by atoms with van der Waals surface area (Å²) in [5.41, 5.74) is 4.78. The van der Waals surface area contributed by atoms with Gasteiger partial charge in [-0.1, -0.05) is 20.8 Å². The Kier molecular flexibility index (Phi) is 3.41. The van der Waals surface area contributed by atoms with Crippen molar-refractivity contribution in [1.29, 1.82) is 0 Å². The van der Waals surface area contributed by atoms with Crippen LogP contribution in [0.25, 0.3) is 0 Å². The fourth-order valence-electron chi connectivity index (χ4n) is 0.279. The maximum absolute atomic E-state index is 10.3. The average Bonchev–Trinajstić information content (AvgIpc) is 1.60. The third-order valence-electron chi connectivity index (χ3n) is 0.901. The van der Waals surface area contributed by atoms with Crippen molar-refractivity contribution in [3.8, 4) is 0 Å². The molecule has 0 aromatic heterocycles. The number of carbonyl (C=O) groups is 1. The molecule has 2 N–H and O–H groups in total. The molecule has 0 aliphatic carbocycles. The van der Waals surface area contributed by atoms with E-state index in [2.05, 4.69) is 0 Å². The van der Waals surface area contributed by atoms with Gasteiger partial charge in [-0.05, 0) is 22.6 Å². The Morgan fingerprint density at radius 2 is 2.00 bits per heavy atom. The Morgan fingerprint density at radius 1 is 1.60 bits per heavy atom. The van der Waals surface area contributed by atoms with Crippen molar-refractivity contribution in [1.82, 2.24) is 0 Å². The monoisotopic (exact) mass is 257 g/mol. The molecule has 0 aliphatic heterocycles. The van der Waals surface area contributed by atoms with Gasteiger partial charge in [0.15, 0.2) is 4.11 Å². The summed E-state index contributed by atoms with van der Waals surface area (Å²) in [6, 6.07) is 0. The summed E-state index contributed by atoms with van der Waals surface area (Å²) >= 11 is 2.04. The lowest BCUT2D eigenvalue weighted by molar-refractivity contribution is 0.103. The Hall–Kier alpha value is 0. The van der Waals surface area contributed by atoms with Crippen LogP contribution in [0.3, 0.4) is 0 Å². The lowest BCUT2D eigenvalue weighted by Crippen LogP contribution is -2.28. The summed E-state index contributed by atoms with van der Waals surface area (Å²) in [5, 5.41) is 0. The number of primary amides is 1. The van der Waals surface area contributed by atoms with E-state index in [9.17, 15) is 4.79 Å². The Labute approximate surface area is 74.4 Å². The largest absolute Gasteiger partial charge is 0.435 e. The van der Waals surface area contributed by atoms with Gasteiger partial charge >= 0.3 is 6.09 Å². The summed E-state index contributed by atoms with van der Waals surface area (Å²) < 4.78 is 4.58. The standard InChI is InChI=1S/C6H12INO2/c1-6(2,3)4(7)10-5(8)9/h4H,1-3H3,(H2,8,9). The quantitative estimate of drug-likeness (QED) is 0.576. The molecule has 0 fully saturated rings. The molecule has 0 aromatic rings. The van der Waals surface area contributed by atoms with Gasteiger partial charge < -0.3 is 10.5 Å². The van der Waals surface area contributed by atoms with E-state index >= 15 is 0 Å². The van der Waals surface area contributed by atoms with Crippen molar-refractivity contribution in [2.45, 2.75) is 24.9 Å². The summed E-state index contributed by atoms with van der Waals surface area (Å²) in [5.74, 6) is 0. The van der Waals surface area contributed by atoms with Crippen LogP contribution in [0.2, 0.25) is 0 Å². The first-order chi connectivity index (χ1) is 4.34. The number of alkyl halides is 1. The van der Waals surface area contributed by atoms with Gasteiger partial charge in [-0.2, -0.15) is 0 Å². The molecule has 0 spiro atoms. The maximum atomic E-state index is 10.3. The number of hydrogen-bond acceptors (Lipinski definition) is 2. The van der Waals surface area contributed by atoms with Gasteiger partial charge in [0.1, 0.15) is 0 Å². The molecule has 0 heterocycles. The van der Waals surface area contributed by atoms with E-state index in [0.717, 1.165) is 0 Å². The second kappa shape index (κ2) is 3.41. The highest BCUT2D eigenvalue weighted by Crippen LogP contribution is 2.26. The van der Waals surface area contributed by atoms with Gasteiger partial charge in [0.05, 0.1) is 0 Å². The molecule has 0 aliphatic rings. The maximum Gasteiger partial charge on any atom is 0.405 e. The number of halogens is 1. The van der Waals surface area contributed by atoms with E-state index in [4.69, 9.17) is 10.5 Å². The summed E-state index contributed by atoms with van der Waals surface area (Å²) in [4.78, 5) is 10.3. The minimum atomic E-state index is -0.714. The molecule has 0 radical (unpaired) electrons. The molecule has 0 rings (SSSR count). The van der Waals surface area contributed by atoms with Crippen LogP contribution in [0.5, 0.6) is 0 Å². The second-order valence-corrected chi connectivity index (χ2v) is 4.25. The molecule has 1 atom stereocenters. The van der Waals surface area contributed by atoms with Crippen molar-refractivity contribution < 1.29 is 9.53 Å². The van der Waals surface area contributed by atoms with Gasteiger partial charge in [0.25, 0.3) is 0 Å². The fourth-order valence-corrected chi connectivity index (χ4v) is 0.529. The van der Waals surface area contributed by atoms with Crippen LogP contribution in [-0.2, 0) is 4.74 Å². The van der Waals surface area contributed by atoms with Crippen LogP contribution < -0.4 is 5.73 Å². The summed E-state index contributed by atoms with van der Waals surface area (Å²) in [6.45, 7) is 5.94. The summed E-state index contributed by atoms with van der Waals surface area (Å²) in [7, 11) is 0. The topological polar surface area (TPSA) is 52.3 Å². The third-order valence-corrected chi connectivity index (χ3v) is 3.02. The molecule has 0 aromatic carbocycles. The zero-order chi connectivity index (χ0) is 8.36. The number of nitrogens with two attached hydrogens (primary N) is 1. The normalized spacial score (nSPS) is 14.4. The molecular formula is C6H12INO2. The van der Waals surface area contributed by atoms with Crippen LogP contribution in [0.1, 0.15) is 20.8 Å². The van der Waals surface area contributed by atoms with Crippen molar-refractivity contribution in [2.75, 3.05) is 0 Å². The van der Waals surface area contributed by atoms with Gasteiger partial charge in [-0.3, -0.25) is 0 Å². The molecule has 3 nitrogen and oxygen atoms in total. The van der Waals surface area contributed by atoms with E-state index in [1.165, 1.54) is 0 Å². The molecule has 0 saturated carbocycles. The first kappa shape index (κ1) is 10.0. The van der Waals surface area contributed by atoms with E-state index in [-0.39, 0.29) is 9.53 Å². The number of carbonyl (C=O) groups excluding carboxylic acids is 1. The molecule has 10 heavy (non-hydrogen) atoms. The van der Waals surface area contributed by atoms with Crippen molar-refractivity contribution >= 4 is 28.7 Å². The molecular weight excluding hydrogens is 245 g/mol. The predicted octanol–water partition coefficient (Wildman–Crippen LogP) is 1.89. The van der Waals surface area contributed by atoms with Crippen LogP contribution >= 0.6 is 22.6 Å². The fraction of sp³-hybridized carbons (Fsp3) is 0.833. The van der Waals surface area contributed by atoms with E-state index in [0.29, 0.717) is 0 Å². The van der Waals surface area contributed by atoms with Crippen molar-refractivity contribution in [3.05, 3.63) is 0 Å². The van der Waals surface area contributed by atoms with E-state index in [1.807, 2.05) is 43.4 Å².